The summed E-state index contributed by atoms with van der Waals surface area (Å²) in [5.74, 6) is 0. The van der Waals surface area contributed by atoms with Gasteiger partial charge in [-0.3, -0.25) is 0 Å². The van der Waals surface area contributed by atoms with Crippen LogP contribution in [0.4, 0.5) is 0 Å². The number of hydrogen-bond donors (Lipinski definition) is 3. The Kier molecular flexibility index (Phi) is 2.49. The summed E-state index contributed by atoms with van der Waals surface area (Å²) in [6, 6.07) is 0. The Morgan fingerprint density at radius 1 is 0.818 bits per heavy atom. The average Bonchev–Trinajstić information content (AvgIpc) is 1.97. The highest BCUT2D eigenvalue weighted by Gasteiger charge is 2.39. The topological polar surface area (TPSA) is 69.9 Å². The number of rotatable bonds is 0. The Bertz CT molecular complexity index is 124. The average molecular weight is 162 g/mol. The van der Waals surface area contributed by atoms with Crippen LogP contribution in [-0.4, -0.2) is 45.8 Å². The van der Waals surface area contributed by atoms with E-state index in [9.17, 15) is 15.3 Å². The first kappa shape index (κ1) is 8.93. The molecule has 1 heterocycles. The molecule has 0 spiro atoms. The van der Waals surface area contributed by atoms with Gasteiger partial charge in [-0.2, -0.15) is 0 Å². The van der Waals surface area contributed by atoms with Crippen molar-refractivity contribution < 1.29 is 20.1 Å². The molecule has 1 aliphatic rings. The molecule has 1 fully saturated rings. The van der Waals surface area contributed by atoms with E-state index >= 15 is 0 Å². The molecule has 2 unspecified atom stereocenters. The lowest BCUT2D eigenvalue weighted by Gasteiger charge is -2.37. The van der Waals surface area contributed by atoms with Gasteiger partial charge in [0.05, 0.1) is 12.2 Å². The Morgan fingerprint density at radius 2 is 1.18 bits per heavy atom. The van der Waals surface area contributed by atoms with Gasteiger partial charge >= 0.3 is 0 Å². The third kappa shape index (κ3) is 1.54. The van der Waals surface area contributed by atoms with Gasteiger partial charge in [-0.05, 0) is 13.8 Å². The highest BCUT2D eigenvalue weighted by molar-refractivity contribution is 4.88. The monoisotopic (exact) mass is 162 g/mol. The molecule has 4 nitrogen and oxygen atoms in total. The van der Waals surface area contributed by atoms with Crippen LogP contribution < -0.4 is 0 Å². The molecule has 1 rings (SSSR count). The maximum absolute atomic E-state index is 9.21. The van der Waals surface area contributed by atoms with E-state index in [-0.39, 0.29) is 0 Å². The number of aliphatic hydroxyl groups is 3. The van der Waals surface area contributed by atoms with Crippen LogP contribution in [0.2, 0.25) is 0 Å². The molecule has 66 valence electrons. The zero-order valence-corrected chi connectivity index (χ0v) is 6.64. The summed E-state index contributed by atoms with van der Waals surface area (Å²) in [6.45, 7) is 3.33. The van der Waals surface area contributed by atoms with Crippen LogP contribution >= 0.6 is 0 Å². The van der Waals surface area contributed by atoms with E-state index in [1.54, 1.807) is 13.8 Å². The maximum atomic E-state index is 9.21. The molecule has 1 aliphatic heterocycles. The summed E-state index contributed by atoms with van der Waals surface area (Å²) >= 11 is 0. The van der Waals surface area contributed by atoms with E-state index in [0.29, 0.717) is 0 Å². The summed E-state index contributed by atoms with van der Waals surface area (Å²) in [6.07, 6.45) is -3.89. The van der Waals surface area contributed by atoms with E-state index in [0.717, 1.165) is 0 Å². The first-order valence-electron chi connectivity index (χ1n) is 3.73. The SMILES string of the molecule is CC1O[C@H](C)[C@H](O)C(O)[C@H]1O. The summed E-state index contributed by atoms with van der Waals surface area (Å²) in [5.41, 5.74) is 0. The van der Waals surface area contributed by atoms with Crippen molar-refractivity contribution in [2.24, 2.45) is 0 Å². The smallest absolute Gasteiger partial charge is 0.111 e. The normalized spacial score (nSPS) is 52.6. The van der Waals surface area contributed by atoms with Crippen LogP contribution in [0, 0.1) is 0 Å². The predicted molar refractivity (Wildman–Crippen MR) is 38.0 cm³/mol. The molecule has 3 N–H and O–H groups in total. The van der Waals surface area contributed by atoms with E-state index in [4.69, 9.17) is 4.74 Å². The molecular weight excluding hydrogens is 148 g/mol. The number of ether oxygens (including phenoxy) is 1. The summed E-state index contributed by atoms with van der Waals surface area (Å²) in [7, 11) is 0. The third-order valence-corrected chi connectivity index (χ3v) is 2.09. The van der Waals surface area contributed by atoms with Crippen LogP contribution in [0.1, 0.15) is 13.8 Å². The number of hydrogen-bond acceptors (Lipinski definition) is 4. The third-order valence-electron chi connectivity index (χ3n) is 2.09. The molecule has 4 heteroatoms. The molecule has 0 amide bonds. The van der Waals surface area contributed by atoms with Gasteiger partial charge in [0.1, 0.15) is 18.3 Å². The van der Waals surface area contributed by atoms with Gasteiger partial charge < -0.3 is 20.1 Å². The fraction of sp³-hybridized carbons (Fsp3) is 1.00. The zero-order valence-electron chi connectivity index (χ0n) is 6.64. The molecule has 0 bridgehead atoms. The van der Waals surface area contributed by atoms with Crippen molar-refractivity contribution in [3.8, 4) is 0 Å². The van der Waals surface area contributed by atoms with Crippen LogP contribution in [0.25, 0.3) is 0 Å². The van der Waals surface area contributed by atoms with E-state index in [1.807, 2.05) is 0 Å². The van der Waals surface area contributed by atoms with Crippen LogP contribution in [-0.2, 0) is 4.74 Å². The lowest BCUT2D eigenvalue weighted by atomic mass is 9.97. The second kappa shape index (κ2) is 3.06. The van der Waals surface area contributed by atoms with Gasteiger partial charge in [-0.25, -0.2) is 0 Å². The van der Waals surface area contributed by atoms with Crippen molar-refractivity contribution in [3.63, 3.8) is 0 Å². The second-order valence-electron chi connectivity index (χ2n) is 3.02. The molecule has 0 aromatic rings. The minimum atomic E-state index is -1.09. The standard InChI is InChI=1S/C7H14O4/c1-3-5(8)7(10)6(9)4(2)11-3/h3-10H,1-2H3/t3-,4?,5+,6+,7?/m1/s1. The summed E-state index contributed by atoms with van der Waals surface area (Å²) in [4.78, 5) is 0. The van der Waals surface area contributed by atoms with Crippen molar-refractivity contribution in [2.45, 2.75) is 44.4 Å². The molecule has 0 saturated carbocycles. The Hall–Kier alpha value is -0.160. The first-order chi connectivity index (χ1) is 5.04. The molecule has 5 atom stereocenters. The van der Waals surface area contributed by atoms with Crippen LogP contribution in [0.15, 0.2) is 0 Å². The quantitative estimate of drug-likeness (QED) is 0.422. The Balaban J connectivity index is 2.63. The fourth-order valence-corrected chi connectivity index (χ4v) is 1.26. The van der Waals surface area contributed by atoms with Crippen LogP contribution in [0.5, 0.6) is 0 Å². The van der Waals surface area contributed by atoms with Gasteiger partial charge in [0, 0.05) is 0 Å². The lowest BCUT2D eigenvalue weighted by Crippen LogP contribution is -2.55. The minimum Gasteiger partial charge on any atom is -0.388 e. The van der Waals surface area contributed by atoms with Gasteiger partial charge in [-0.15, -0.1) is 0 Å². The van der Waals surface area contributed by atoms with Crippen molar-refractivity contribution >= 4 is 0 Å². The molecular formula is C7H14O4. The Morgan fingerprint density at radius 3 is 1.55 bits per heavy atom. The van der Waals surface area contributed by atoms with E-state index in [1.165, 1.54) is 0 Å². The summed E-state index contributed by atoms with van der Waals surface area (Å²) in [5, 5.41) is 27.6. The minimum absolute atomic E-state index is 0.414. The molecule has 0 aliphatic carbocycles. The maximum Gasteiger partial charge on any atom is 0.111 e. The van der Waals surface area contributed by atoms with Gasteiger partial charge in [-0.1, -0.05) is 0 Å². The second-order valence-corrected chi connectivity index (χ2v) is 3.02. The highest BCUT2D eigenvalue weighted by atomic mass is 16.5. The fourth-order valence-electron chi connectivity index (χ4n) is 1.26. The molecule has 0 aromatic heterocycles. The molecule has 0 aromatic carbocycles. The predicted octanol–water partition coefficient (Wildman–Crippen LogP) is -1.12. The van der Waals surface area contributed by atoms with Gasteiger partial charge in [0.2, 0.25) is 0 Å². The molecule has 0 radical (unpaired) electrons. The van der Waals surface area contributed by atoms with Crippen molar-refractivity contribution in [2.75, 3.05) is 0 Å². The van der Waals surface area contributed by atoms with Gasteiger partial charge in [0.25, 0.3) is 0 Å². The van der Waals surface area contributed by atoms with Gasteiger partial charge in [0.15, 0.2) is 0 Å². The summed E-state index contributed by atoms with van der Waals surface area (Å²) < 4.78 is 5.12. The van der Waals surface area contributed by atoms with E-state index < -0.39 is 30.5 Å². The zero-order chi connectivity index (χ0) is 8.59. The largest absolute Gasteiger partial charge is 0.388 e. The van der Waals surface area contributed by atoms with E-state index in [2.05, 4.69) is 0 Å². The number of aliphatic hydroxyl groups excluding tert-OH is 3. The van der Waals surface area contributed by atoms with Crippen molar-refractivity contribution in [1.82, 2.24) is 0 Å². The lowest BCUT2D eigenvalue weighted by molar-refractivity contribution is -0.211. The molecule has 1 saturated heterocycles. The Labute approximate surface area is 65.4 Å². The first-order valence-corrected chi connectivity index (χ1v) is 3.73. The highest BCUT2D eigenvalue weighted by Crippen LogP contribution is 2.19. The van der Waals surface area contributed by atoms with Crippen molar-refractivity contribution in [1.29, 1.82) is 0 Å². The van der Waals surface area contributed by atoms with Crippen molar-refractivity contribution in [3.05, 3.63) is 0 Å². The molecule has 11 heavy (non-hydrogen) atoms. The van der Waals surface area contributed by atoms with Crippen LogP contribution in [0.3, 0.4) is 0 Å².